The largest absolute Gasteiger partial charge is 0.375 e. The zero-order valence-electron chi connectivity index (χ0n) is 16.0. The highest BCUT2D eigenvalue weighted by molar-refractivity contribution is 5.78. The van der Waals surface area contributed by atoms with Crippen LogP contribution >= 0.6 is 0 Å². The van der Waals surface area contributed by atoms with Crippen molar-refractivity contribution in [1.29, 1.82) is 0 Å². The highest BCUT2D eigenvalue weighted by Gasteiger charge is 2.34. The Hall–Kier alpha value is -2.48. The molecule has 0 bridgehead atoms. The Bertz CT molecular complexity index is 814. The molecule has 1 amide bonds. The van der Waals surface area contributed by atoms with E-state index in [1.165, 1.54) is 12.8 Å². The van der Waals surface area contributed by atoms with Gasteiger partial charge < -0.3 is 14.5 Å². The maximum Gasteiger partial charge on any atom is 0.249 e. The van der Waals surface area contributed by atoms with Gasteiger partial charge in [-0.1, -0.05) is 0 Å². The highest BCUT2D eigenvalue weighted by Crippen LogP contribution is 2.37. The molecular weight excluding hydrogens is 344 g/mol. The summed E-state index contributed by atoms with van der Waals surface area (Å²) in [4.78, 5) is 25.9. The second kappa shape index (κ2) is 7.64. The average Bonchev–Trinajstić information content (AvgIpc) is 3.42. The van der Waals surface area contributed by atoms with Gasteiger partial charge >= 0.3 is 0 Å². The Balaban J connectivity index is 1.68. The summed E-state index contributed by atoms with van der Waals surface area (Å²) in [6, 6.07) is 1.93. The van der Waals surface area contributed by atoms with Crippen LogP contribution in [0, 0.1) is 0 Å². The molecule has 0 aliphatic carbocycles. The van der Waals surface area contributed by atoms with E-state index in [0.717, 1.165) is 55.4 Å². The van der Waals surface area contributed by atoms with E-state index >= 15 is 0 Å². The lowest BCUT2D eigenvalue weighted by Gasteiger charge is -2.25. The molecule has 0 unspecified atom stereocenters. The van der Waals surface area contributed by atoms with E-state index in [4.69, 9.17) is 9.72 Å². The van der Waals surface area contributed by atoms with Crippen LogP contribution in [0.5, 0.6) is 0 Å². The van der Waals surface area contributed by atoms with Crippen molar-refractivity contribution in [2.45, 2.75) is 31.7 Å². The fourth-order valence-corrected chi connectivity index (χ4v) is 4.16. The van der Waals surface area contributed by atoms with Gasteiger partial charge in [0.2, 0.25) is 11.9 Å². The quantitative estimate of drug-likeness (QED) is 0.799. The molecule has 2 fully saturated rings. The van der Waals surface area contributed by atoms with Gasteiger partial charge in [-0.3, -0.25) is 9.48 Å². The predicted octanol–water partition coefficient (Wildman–Crippen LogP) is 1.79. The first-order chi connectivity index (χ1) is 13.2. The monoisotopic (exact) mass is 370 g/mol. The topological polar surface area (TPSA) is 76.4 Å². The minimum atomic E-state index is 0.000326. The van der Waals surface area contributed by atoms with Crippen LogP contribution in [0.3, 0.4) is 0 Å². The van der Waals surface area contributed by atoms with E-state index in [1.807, 2.05) is 35.1 Å². The van der Waals surface area contributed by atoms with E-state index < -0.39 is 0 Å². The lowest BCUT2D eigenvalue weighted by atomic mass is 10.0. The molecular formula is C19H26N6O2. The molecule has 8 heteroatoms. The molecule has 0 N–H and O–H groups in total. The molecule has 1 atom stereocenters. The van der Waals surface area contributed by atoms with Gasteiger partial charge in [-0.2, -0.15) is 5.10 Å². The number of carbonyl (C=O) groups is 1. The number of aryl methyl sites for hydroxylation is 1. The number of anilines is 1. The molecule has 27 heavy (non-hydrogen) atoms. The minimum Gasteiger partial charge on any atom is -0.375 e. The molecule has 4 rings (SSSR count). The Labute approximate surface area is 159 Å². The molecule has 8 nitrogen and oxygen atoms in total. The summed E-state index contributed by atoms with van der Waals surface area (Å²) in [5, 5.41) is 4.48. The van der Waals surface area contributed by atoms with Gasteiger partial charge in [-0.05, 0) is 31.7 Å². The van der Waals surface area contributed by atoms with E-state index in [9.17, 15) is 4.79 Å². The number of hydrogen-bond acceptors (Lipinski definition) is 6. The smallest absolute Gasteiger partial charge is 0.249 e. The Morgan fingerprint density at radius 2 is 2.07 bits per heavy atom. The predicted molar refractivity (Wildman–Crippen MR) is 101 cm³/mol. The van der Waals surface area contributed by atoms with Crippen LogP contribution in [-0.2, 0) is 16.6 Å². The zero-order chi connectivity index (χ0) is 18.8. The van der Waals surface area contributed by atoms with Gasteiger partial charge in [0.15, 0.2) is 0 Å². The van der Waals surface area contributed by atoms with Crippen molar-refractivity contribution in [1.82, 2.24) is 24.6 Å². The number of ether oxygens (including phenoxy) is 1. The fraction of sp³-hybridized carbons (Fsp3) is 0.579. The van der Waals surface area contributed by atoms with Crippen LogP contribution < -0.4 is 4.90 Å². The number of nitrogens with zero attached hydrogens (tertiary/aromatic N) is 6. The van der Waals surface area contributed by atoms with Crippen LogP contribution in [0.4, 0.5) is 5.95 Å². The Morgan fingerprint density at radius 1 is 1.26 bits per heavy atom. The summed E-state index contributed by atoms with van der Waals surface area (Å²) in [5.41, 5.74) is 2.87. The van der Waals surface area contributed by atoms with Gasteiger partial charge in [-0.15, -0.1) is 0 Å². The molecule has 2 saturated heterocycles. The van der Waals surface area contributed by atoms with Gasteiger partial charge in [0.25, 0.3) is 0 Å². The molecule has 0 spiro atoms. The number of methoxy groups -OCH3 is 1. The lowest BCUT2D eigenvalue weighted by Crippen LogP contribution is -2.34. The fourth-order valence-electron chi connectivity index (χ4n) is 4.16. The number of carbonyl (C=O) groups excluding carboxylic acids is 1. The summed E-state index contributed by atoms with van der Waals surface area (Å²) in [6.07, 6.45) is 7.94. The van der Waals surface area contributed by atoms with Crippen molar-refractivity contribution >= 4 is 11.9 Å². The number of amides is 1. The number of aromatic nitrogens is 4. The van der Waals surface area contributed by atoms with Crippen molar-refractivity contribution in [3.63, 3.8) is 0 Å². The third-order valence-electron chi connectivity index (χ3n) is 5.45. The average molecular weight is 370 g/mol. The molecule has 4 heterocycles. The Kier molecular flexibility index (Phi) is 5.07. The maximum atomic E-state index is 12.5. The van der Waals surface area contributed by atoms with Crippen molar-refractivity contribution < 1.29 is 9.53 Å². The van der Waals surface area contributed by atoms with Gasteiger partial charge in [0, 0.05) is 45.6 Å². The molecule has 2 aromatic heterocycles. The SMILES string of the molecule is COCC(=O)N1CCC[C@@H]1c1c(-c2ccnc(N3CCCC3)n2)cnn1C. The summed E-state index contributed by atoms with van der Waals surface area (Å²) >= 11 is 0. The minimum absolute atomic E-state index is 0.000326. The molecule has 0 aromatic carbocycles. The standard InChI is InChI=1S/C19H26N6O2/c1-23-18(16-6-5-11-25(16)17(26)13-27-2)14(12-21-23)15-7-8-20-19(22-15)24-9-3-4-10-24/h7-8,12,16H,3-6,9-11,13H2,1-2H3/t16-/m1/s1. The molecule has 2 aliphatic heterocycles. The van der Waals surface area contributed by atoms with E-state index in [0.29, 0.717) is 0 Å². The summed E-state index contributed by atoms with van der Waals surface area (Å²) in [6.45, 7) is 2.87. The van der Waals surface area contributed by atoms with Gasteiger partial charge in [0.05, 0.1) is 23.6 Å². The second-order valence-corrected chi connectivity index (χ2v) is 7.18. The zero-order valence-corrected chi connectivity index (χ0v) is 16.0. The summed E-state index contributed by atoms with van der Waals surface area (Å²) < 4.78 is 6.93. The first-order valence-electron chi connectivity index (χ1n) is 9.57. The lowest BCUT2D eigenvalue weighted by molar-refractivity contribution is -0.136. The second-order valence-electron chi connectivity index (χ2n) is 7.18. The number of likely N-dealkylation sites (tertiary alicyclic amines) is 1. The van der Waals surface area contributed by atoms with E-state index in [2.05, 4.69) is 15.0 Å². The first kappa shape index (κ1) is 17.9. The van der Waals surface area contributed by atoms with Crippen LogP contribution in [0.2, 0.25) is 0 Å². The van der Waals surface area contributed by atoms with Crippen molar-refractivity contribution in [2.75, 3.05) is 38.3 Å². The maximum absolute atomic E-state index is 12.5. The van der Waals surface area contributed by atoms with E-state index in [1.54, 1.807) is 7.11 Å². The van der Waals surface area contributed by atoms with Crippen molar-refractivity contribution in [2.24, 2.45) is 7.05 Å². The van der Waals surface area contributed by atoms with Crippen LogP contribution in [0.1, 0.15) is 37.4 Å². The summed E-state index contributed by atoms with van der Waals surface area (Å²) in [5.74, 6) is 0.797. The van der Waals surface area contributed by atoms with E-state index in [-0.39, 0.29) is 18.6 Å². The third kappa shape index (κ3) is 3.41. The number of hydrogen-bond donors (Lipinski definition) is 0. The highest BCUT2D eigenvalue weighted by atomic mass is 16.5. The normalized spacial score (nSPS) is 19.9. The van der Waals surface area contributed by atoms with Crippen molar-refractivity contribution in [3.05, 3.63) is 24.2 Å². The van der Waals surface area contributed by atoms with Crippen LogP contribution in [0.15, 0.2) is 18.5 Å². The van der Waals surface area contributed by atoms with Gasteiger partial charge in [0.1, 0.15) is 6.61 Å². The van der Waals surface area contributed by atoms with Gasteiger partial charge in [-0.25, -0.2) is 9.97 Å². The van der Waals surface area contributed by atoms with Crippen molar-refractivity contribution in [3.8, 4) is 11.3 Å². The third-order valence-corrected chi connectivity index (χ3v) is 5.45. The molecule has 2 aromatic rings. The Morgan fingerprint density at radius 3 is 2.85 bits per heavy atom. The molecule has 0 radical (unpaired) electrons. The van der Waals surface area contributed by atoms with Crippen LogP contribution in [-0.4, -0.2) is 63.9 Å². The first-order valence-corrected chi connectivity index (χ1v) is 9.57. The molecule has 144 valence electrons. The van der Waals surface area contributed by atoms with Crippen LogP contribution in [0.25, 0.3) is 11.3 Å². The molecule has 2 aliphatic rings. The molecule has 0 saturated carbocycles. The number of rotatable bonds is 5. The summed E-state index contributed by atoms with van der Waals surface area (Å²) in [7, 11) is 3.48.